The second-order valence-corrected chi connectivity index (χ2v) is 5.20. The summed E-state index contributed by atoms with van der Waals surface area (Å²) in [6.07, 6.45) is 2.52. The molecule has 2 rings (SSSR count). The van der Waals surface area contributed by atoms with E-state index in [2.05, 4.69) is 15.4 Å². The summed E-state index contributed by atoms with van der Waals surface area (Å²) in [7, 11) is 1.80. The van der Waals surface area contributed by atoms with E-state index in [0.29, 0.717) is 5.13 Å². The summed E-state index contributed by atoms with van der Waals surface area (Å²) in [5.74, 6) is -1.52. The van der Waals surface area contributed by atoms with Crippen molar-refractivity contribution in [3.05, 3.63) is 22.5 Å². The van der Waals surface area contributed by atoms with Gasteiger partial charge in [-0.15, -0.1) is 0 Å². The SMILES string of the molecule is CCc1nn(C)cc1Nc1nc(C(=O)O)c(C(C)=O)s1. The fourth-order valence-corrected chi connectivity index (χ4v) is 2.64. The molecule has 0 saturated heterocycles. The van der Waals surface area contributed by atoms with Gasteiger partial charge >= 0.3 is 5.97 Å². The summed E-state index contributed by atoms with van der Waals surface area (Å²) in [6, 6.07) is 0. The highest BCUT2D eigenvalue weighted by atomic mass is 32.1. The molecule has 0 atom stereocenters. The summed E-state index contributed by atoms with van der Waals surface area (Å²) >= 11 is 1.03. The summed E-state index contributed by atoms with van der Waals surface area (Å²) in [5, 5.41) is 16.7. The van der Waals surface area contributed by atoms with Gasteiger partial charge in [0.2, 0.25) is 0 Å². The maximum atomic E-state index is 11.4. The number of aromatic carboxylic acids is 1. The molecule has 0 aliphatic heterocycles. The fourth-order valence-electron chi connectivity index (χ4n) is 1.77. The van der Waals surface area contributed by atoms with Gasteiger partial charge in [0.25, 0.3) is 0 Å². The second-order valence-electron chi connectivity index (χ2n) is 4.20. The predicted molar refractivity (Wildman–Crippen MR) is 74.9 cm³/mol. The zero-order valence-electron chi connectivity index (χ0n) is 11.3. The first kappa shape index (κ1) is 14.2. The van der Waals surface area contributed by atoms with Crippen molar-refractivity contribution in [3.63, 3.8) is 0 Å². The summed E-state index contributed by atoms with van der Waals surface area (Å²) in [6.45, 7) is 3.30. The molecule has 2 aromatic rings. The molecular weight excluding hydrogens is 280 g/mol. The lowest BCUT2D eigenvalue weighted by atomic mass is 10.3. The van der Waals surface area contributed by atoms with Crippen molar-refractivity contribution in [2.45, 2.75) is 20.3 Å². The van der Waals surface area contributed by atoms with E-state index in [1.807, 2.05) is 6.92 Å². The zero-order chi connectivity index (χ0) is 14.9. The second kappa shape index (κ2) is 5.41. The number of nitrogens with zero attached hydrogens (tertiary/aromatic N) is 3. The van der Waals surface area contributed by atoms with Gasteiger partial charge in [0.1, 0.15) is 4.88 Å². The average molecular weight is 294 g/mol. The third-order valence-electron chi connectivity index (χ3n) is 2.63. The maximum Gasteiger partial charge on any atom is 0.356 e. The molecule has 0 aliphatic carbocycles. The Morgan fingerprint density at radius 1 is 1.50 bits per heavy atom. The molecule has 0 amide bonds. The zero-order valence-corrected chi connectivity index (χ0v) is 12.1. The normalized spacial score (nSPS) is 10.6. The first-order chi connectivity index (χ1) is 9.42. The quantitative estimate of drug-likeness (QED) is 0.819. The van der Waals surface area contributed by atoms with Crippen LogP contribution in [0.25, 0.3) is 0 Å². The molecule has 0 aromatic carbocycles. The molecule has 20 heavy (non-hydrogen) atoms. The number of anilines is 2. The van der Waals surface area contributed by atoms with Crippen LogP contribution in [0.3, 0.4) is 0 Å². The Hall–Kier alpha value is -2.22. The lowest BCUT2D eigenvalue weighted by molar-refractivity contribution is 0.0687. The van der Waals surface area contributed by atoms with Gasteiger partial charge < -0.3 is 10.4 Å². The molecule has 0 aliphatic rings. The number of ketones is 1. The van der Waals surface area contributed by atoms with Crippen molar-refractivity contribution in [2.75, 3.05) is 5.32 Å². The number of nitrogens with one attached hydrogen (secondary N) is 1. The molecule has 0 bridgehead atoms. The number of hydrogen-bond acceptors (Lipinski definition) is 6. The summed E-state index contributed by atoms with van der Waals surface area (Å²) < 4.78 is 1.67. The lowest BCUT2D eigenvalue weighted by Crippen LogP contribution is -2.03. The predicted octanol–water partition coefficient (Wildman–Crippen LogP) is 2.08. The van der Waals surface area contributed by atoms with E-state index in [0.717, 1.165) is 29.1 Å². The molecule has 2 heterocycles. The van der Waals surface area contributed by atoms with Crippen LogP contribution in [0.4, 0.5) is 10.8 Å². The van der Waals surface area contributed by atoms with Gasteiger partial charge in [-0.05, 0) is 6.42 Å². The number of aryl methyl sites for hydroxylation is 2. The van der Waals surface area contributed by atoms with Crippen molar-refractivity contribution < 1.29 is 14.7 Å². The highest BCUT2D eigenvalue weighted by Gasteiger charge is 2.21. The van der Waals surface area contributed by atoms with Gasteiger partial charge in [-0.25, -0.2) is 9.78 Å². The van der Waals surface area contributed by atoms with Gasteiger partial charge in [-0.2, -0.15) is 5.10 Å². The van der Waals surface area contributed by atoms with Crippen molar-refractivity contribution >= 4 is 33.9 Å². The van der Waals surface area contributed by atoms with Crippen LogP contribution in [-0.2, 0) is 13.5 Å². The van der Waals surface area contributed by atoms with E-state index in [9.17, 15) is 9.59 Å². The number of carboxylic acid groups (broad SMARTS) is 1. The third kappa shape index (κ3) is 2.69. The van der Waals surface area contributed by atoms with E-state index in [1.54, 1.807) is 17.9 Å². The van der Waals surface area contributed by atoms with Crippen molar-refractivity contribution in [1.82, 2.24) is 14.8 Å². The van der Waals surface area contributed by atoms with Gasteiger partial charge in [-0.1, -0.05) is 18.3 Å². The number of carbonyl (C=O) groups is 2. The van der Waals surface area contributed by atoms with Crippen LogP contribution in [0.15, 0.2) is 6.20 Å². The fraction of sp³-hybridized carbons (Fsp3) is 0.333. The number of Topliss-reactive ketones (excluding diaryl/α,β-unsaturated/α-hetero) is 1. The maximum absolute atomic E-state index is 11.4. The van der Waals surface area contributed by atoms with Crippen LogP contribution in [0.2, 0.25) is 0 Å². The molecular formula is C12H14N4O3S. The Morgan fingerprint density at radius 2 is 2.20 bits per heavy atom. The third-order valence-corrected chi connectivity index (χ3v) is 3.70. The van der Waals surface area contributed by atoms with E-state index < -0.39 is 5.97 Å². The van der Waals surface area contributed by atoms with Crippen molar-refractivity contribution in [2.24, 2.45) is 7.05 Å². The molecule has 0 unspecified atom stereocenters. The Bertz CT molecular complexity index is 643. The van der Waals surface area contributed by atoms with E-state index in [1.165, 1.54) is 6.92 Å². The van der Waals surface area contributed by atoms with Crippen LogP contribution in [0.1, 0.15) is 39.7 Å². The molecule has 0 spiro atoms. The molecule has 8 heteroatoms. The Balaban J connectivity index is 2.36. The minimum atomic E-state index is -1.21. The lowest BCUT2D eigenvalue weighted by Gasteiger charge is -1.99. The molecule has 7 nitrogen and oxygen atoms in total. The average Bonchev–Trinajstić information content (AvgIpc) is 2.93. The van der Waals surface area contributed by atoms with Crippen LogP contribution in [-0.4, -0.2) is 31.6 Å². The molecule has 0 saturated carbocycles. The van der Waals surface area contributed by atoms with E-state index in [4.69, 9.17) is 5.11 Å². The number of carbonyl (C=O) groups excluding carboxylic acids is 1. The Labute approximate surface area is 119 Å². The van der Waals surface area contributed by atoms with E-state index >= 15 is 0 Å². The van der Waals surface area contributed by atoms with Crippen LogP contribution >= 0.6 is 11.3 Å². The molecule has 0 fully saturated rings. The van der Waals surface area contributed by atoms with Crippen molar-refractivity contribution in [3.8, 4) is 0 Å². The highest BCUT2D eigenvalue weighted by Crippen LogP contribution is 2.28. The topological polar surface area (TPSA) is 97.1 Å². The summed E-state index contributed by atoms with van der Waals surface area (Å²) in [4.78, 5) is 26.6. The minimum Gasteiger partial charge on any atom is -0.476 e. The largest absolute Gasteiger partial charge is 0.476 e. The van der Waals surface area contributed by atoms with Gasteiger partial charge in [0.05, 0.1) is 11.4 Å². The number of aromatic nitrogens is 3. The van der Waals surface area contributed by atoms with Crippen LogP contribution in [0.5, 0.6) is 0 Å². The Morgan fingerprint density at radius 3 is 2.70 bits per heavy atom. The number of rotatable bonds is 5. The minimum absolute atomic E-state index is 0.141. The molecule has 0 radical (unpaired) electrons. The number of thiazole rings is 1. The molecule has 106 valence electrons. The van der Waals surface area contributed by atoms with Crippen molar-refractivity contribution in [1.29, 1.82) is 0 Å². The van der Waals surface area contributed by atoms with Gasteiger partial charge in [0, 0.05) is 20.2 Å². The van der Waals surface area contributed by atoms with Crippen LogP contribution < -0.4 is 5.32 Å². The monoisotopic (exact) mass is 294 g/mol. The first-order valence-electron chi connectivity index (χ1n) is 5.97. The standard InChI is InChI=1S/C12H14N4O3S/c1-4-7-8(5-16(3)15-7)13-12-14-9(11(18)19)10(20-12)6(2)17/h5H,4H2,1-3H3,(H,13,14)(H,18,19). The van der Waals surface area contributed by atoms with Gasteiger partial charge in [-0.3, -0.25) is 9.48 Å². The Kier molecular flexibility index (Phi) is 3.84. The summed E-state index contributed by atoms with van der Waals surface area (Å²) in [5.41, 5.74) is 1.40. The van der Waals surface area contributed by atoms with Crippen LogP contribution in [0, 0.1) is 0 Å². The first-order valence-corrected chi connectivity index (χ1v) is 6.78. The highest BCUT2D eigenvalue weighted by molar-refractivity contribution is 7.17. The molecule has 2 N–H and O–H groups in total. The van der Waals surface area contributed by atoms with Gasteiger partial charge in [0.15, 0.2) is 16.6 Å². The number of carboxylic acids is 1. The number of hydrogen-bond donors (Lipinski definition) is 2. The van der Waals surface area contributed by atoms with E-state index in [-0.39, 0.29) is 16.4 Å². The smallest absolute Gasteiger partial charge is 0.356 e. The molecule has 2 aromatic heterocycles.